The number of carboxylic acid groups (broad SMARTS) is 1. The monoisotopic (exact) mass is 429 g/mol. The molecule has 0 amide bonds. The van der Waals surface area contributed by atoms with Gasteiger partial charge in [-0.3, -0.25) is 4.74 Å². The zero-order valence-electron chi connectivity index (χ0n) is 15.9. The maximum atomic E-state index is 11.4. The average molecular weight is 429 g/mol. The van der Waals surface area contributed by atoms with E-state index in [-0.39, 0.29) is 12.0 Å². The van der Waals surface area contributed by atoms with Crippen molar-refractivity contribution >= 4 is 11.9 Å². The zero-order chi connectivity index (χ0) is 21.9. The number of aliphatic carboxylic acids is 1. The lowest BCUT2D eigenvalue weighted by Gasteiger charge is -2.44. The molecule has 7 atom stereocenters. The average Bonchev–Trinajstić information content (AvgIpc) is 3.14. The maximum absolute atomic E-state index is 11.4. The third kappa shape index (κ3) is 2.99. The minimum absolute atomic E-state index is 0.0941. The molecule has 0 saturated carbocycles. The molecule has 0 aromatic heterocycles. The summed E-state index contributed by atoms with van der Waals surface area (Å²) in [5, 5.41) is 50.3. The van der Waals surface area contributed by atoms with Crippen molar-refractivity contribution in [2.45, 2.75) is 36.5 Å². The second kappa shape index (κ2) is 7.01. The fraction of sp³-hybridized carbons (Fsp3) is 0.333. The van der Waals surface area contributed by atoms with Crippen LogP contribution in [0.3, 0.4) is 0 Å². The molecule has 1 saturated heterocycles. The van der Waals surface area contributed by atoms with Crippen LogP contribution in [-0.2, 0) is 19.0 Å². The number of hydrogen-bond acceptors (Lipinski definition) is 9. The SMILES string of the molecule is O=C(O)[C@H]1O[C@](O)(OC2=NC3=C4C=CC=CC4OC3=C3C=CC=CC23)[C@H](O)[C@@H](O)[C@@H]1O. The highest BCUT2D eigenvalue weighted by Crippen LogP contribution is 2.44. The lowest BCUT2D eigenvalue weighted by atomic mass is 9.89. The number of aliphatic hydroxyl groups excluding tert-OH is 3. The summed E-state index contributed by atoms with van der Waals surface area (Å²) in [5.74, 6) is -4.78. The Morgan fingerprint density at radius 2 is 1.74 bits per heavy atom. The number of dihydropyridines is 1. The molecule has 0 radical (unpaired) electrons. The lowest BCUT2D eigenvalue weighted by molar-refractivity contribution is -0.421. The van der Waals surface area contributed by atoms with Gasteiger partial charge in [0.15, 0.2) is 18.0 Å². The van der Waals surface area contributed by atoms with Crippen LogP contribution in [0.4, 0.5) is 0 Å². The molecule has 5 N–H and O–H groups in total. The Kier molecular flexibility index (Phi) is 4.50. The van der Waals surface area contributed by atoms with Crippen LogP contribution in [0, 0.1) is 5.92 Å². The Hall–Kier alpha value is -3.02. The molecule has 5 rings (SSSR count). The molecule has 2 aliphatic carbocycles. The molecule has 10 heteroatoms. The van der Waals surface area contributed by atoms with Gasteiger partial charge in [-0.25, -0.2) is 9.79 Å². The lowest BCUT2D eigenvalue weighted by Crippen LogP contribution is -2.67. The van der Waals surface area contributed by atoms with Crippen LogP contribution >= 0.6 is 0 Å². The highest BCUT2D eigenvalue weighted by molar-refractivity contribution is 5.89. The van der Waals surface area contributed by atoms with Gasteiger partial charge in [-0.05, 0) is 6.08 Å². The molecule has 3 heterocycles. The first kappa shape index (κ1) is 19.9. The van der Waals surface area contributed by atoms with Crippen LogP contribution in [0.25, 0.3) is 0 Å². The molecule has 0 aromatic rings. The van der Waals surface area contributed by atoms with Crippen LogP contribution in [0.1, 0.15) is 0 Å². The summed E-state index contributed by atoms with van der Waals surface area (Å²) in [6.07, 6.45) is 5.86. The fourth-order valence-corrected chi connectivity index (χ4v) is 4.05. The summed E-state index contributed by atoms with van der Waals surface area (Å²) in [6, 6.07) is 0. The van der Waals surface area contributed by atoms with Crippen molar-refractivity contribution in [1.29, 1.82) is 0 Å². The molecule has 0 bridgehead atoms. The number of aliphatic imine (C=N–C) groups is 1. The van der Waals surface area contributed by atoms with Crippen molar-refractivity contribution in [3.8, 4) is 0 Å². The van der Waals surface area contributed by atoms with E-state index in [9.17, 15) is 30.3 Å². The van der Waals surface area contributed by atoms with Crippen molar-refractivity contribution in [1.82, 2.24) is 0 Å². The van der Waals surface area contributed by atoms with E-state index in [0.29, 0.717) is 17.0 Å². The minimum Gasteiger partial charge on any atom is -0.479 e. The smallest absolute Gasteiger partial charge is 0.356 e. The van der Waals surface area contributed by atoms with Crippen LogP contribution in [0.2, 0.25) is 0 Å². The number of hydrogen-bond donors (Lipinski definition) is 5. The molecular weight excluding hydrogens is 410 g/mol. The van der Waals surface area contributed by atoms with Gasteiger partial charge >= 0.3 is 11.9 Å². The molecule has 5 aliphatic rings. The summed E-state index contributed by atoms with van der Waals surface area (Å²) in [6.45, 7) is 0. The number of allylic oxidation sites excluding steroid dienone is 5. The molecular formula is C21H19NO9. The topological polar surface area (TPSA) is 158 Å². The third-order valence-corrected chi connectivity index (χ3v) is 5.64. The Labute approximate surface area is 175 Å². The second-order valence-corrected chi connectivity index (χ2v) is 7.58. The van der Waals surface area contributed by atoms with Gasteiger partial charge in [-0.2, -0.15) is 0 Å². The predicted molar refractivity (Wildman–Crippen MR) is 103 cm³/mol. The van der Waals surface area contributed by atoms with E-state index < -0.39 is 42.3 Å². The van der Waals surface area contributed by atoms with Gasteiger partial charge in [0.05, 0.1) is 5.92 Å². The molecule has 1 fully saturated rings. The second-order valence-electron chi connectivity index (χ2n) is 7.58. The van der Waals surface area contributed by atoms with Crippen molar-refractivity contribution in [2.75, 3.05) is 0 Å². The van der Waals surface area contributed by atoms with Gasteiger partial charge in [0.25, 0.3) is 0 Å². The Morgan fingerprint density at radius 3 is 2.48 bits per heavy atom. The molecule has 3 aliphatic heterocycles. The third-order valence-electron chi connectivity index (χ3n) is 5.64. The largest absolute Gasteiger partial charge is 0.479 e. The zero-order valence-corrected chi connectivity index (χ0v) is 15.9. The minimum atomic E-state index is -2.97. The number of aliphatic hydroxyl groups is 4. The number of carboxylic acids is 1. The van der Waals surface area contributed by atoms with Gasteiger partial charge in [-0.1, -0.05) is 42.5 Å². The van der Waals surface area contributed by atoms with E-state index in [1.807, 2.05) is 24.3 Å². The van der Waals surface area contributed by atoms with Gasteiger partial charge in [-0.15, -0.1) is 0 Å². The van der Waals surface area contributed by atoms with E-state index in [4.69, 9.17) is 14.2 Å². The van der Waals surface area contributed by atoms with Crippen LogP contribution in [-0.4, -0.2) is 73.9 Å². The van der Waals surface area contributed by atoms with Gasteiger partial charge in [0, 0.05) is 11.1 Å². The molecule has 162 valence electrons. The first-order valence-corrected chi connectivity index (χ1v) is 9.60. The summed E-state index contributed by atoms with van der Waals surface area (Å²) in [5.41, 5.74) is 1.93. The van der Waals surface area contributed by atoms with E-state index in [2.05, 4.69) is 4.99 Å². The Bertz CT molecular complexity index is 1050. The standard InChI is InChI=1S/C21H19NO9/c23-14-15(24)18(25)21(28,30-17(14)20(26)27)31-19-10-6-2-1-5-9(10)16-13(22-19)11-7-3-4-8-12(11)29-16/h1-8,10,12,14-15,17-18,23-25,28H,(H,26,27)/t10?,12?,14-,15-,17-,18+,21-/m0/s1. The Balaban J connectivity index is 1.55. The van der Waals surface area contributed by atoms with Crippen molar-refractivity contribution in [3.63, 3.8) is 0 Å². The van der Waals surface area contributed by atoms with Crippen molar-refractivity contribution in [2.24, 2.45) is 10.9 Å². The number of carbonyl (C=O) groups is 1. The summed E-state index contributed by atoms with van der Waals surface area (Å²) in [7, 11) is 0. The molecule has 31 heavy (non-hydrogen) atoms. The molecule has 10 nitrogen and oxygen atoms in total. The first-order valence-electron chi connectivity index (χ1n) is 9.60. The first-order chi connectivity index (χ1) is 14.8. The summed E-state index contributed by atoms with van der Waals surface area (Å²) >= 11 is 0. The number of ether oxygens (including phenoxy) is 3. The quantitative estimate of drug-likeness (QED) is 0.362. The van der Waals surface area contributed by atoms with Crippen LogP contribution in [0.5, 0.6) is 0 Å². The van der Waals surface area contributed by atoms with Gasteiger partial charge in [0.2, 0.25) is 5.90 Å². The fourth-order valence-electron chi connectivity index (χ4n) is 4.05. The van der Waals surface area contributed by atoms with E-state index in [0.717, 1.165) is 5.57 Å². The van der Waals surface area contributed by atoms with E-state index in [1.54, 1.807) is 24.3 Å². The van der Waals surface area contributed by atoms with E-state index in [1.165, 1.54) is 0 Å². The number of rotatable bonds is 2. The van der Waals surface area contributed by atoms with Gasteiger partial charge in [0.1, 0.15) is 24.0 Å². The predicted octanol–water partition coefficient (Wildman–Crippen LogP) is -0.598. The summed E-state index contributed by atoms with van der Waals surface area (Å²) in [4.78, 5) is 15.9. The van der Waals surface area contributed by atoms with Gasteiger partial charge < -0.3 is 35.0 Å². The molecule has 0 spiro atoms. The van der Waals surface area contributed by atoms with Crippen molar-refractivity contribution in [3.05, 3.63) is 71.2 Å². The van der Waals surface area contributed by atoms with Crippen LogP contribution < -0.4 is 0 Å². The van der Waals surface area contributed by atoms with Crippen molar-refractivity contribution < 1.29 is 44.5 Å². The van der Waals surface area contributed by atoms with Crippen LogP contribution in [0.15, 0.2) is 76.2 Å². The Morgan fingerprint density at radius 1 is 1.03 bits per heavy atom. The maximum Gasteiger partial charge on any atom is 0.356 e. The normalized spacial score (nSPS) is 40.2. The van der Waals surface area contributed by atoms with E-state index >= 15 is 0 Å². The molecule has 2 unspecified atom stereocenters. The number of nitrogens with zero attached hydrogens (tertiary/aromatic N) is 1. The summed E-state index contributed by atoms with van der Waals surface area (Å²) < 4.78 is 16.6. The number of fused-ring (bicyclic) bond motifs is 3. The molecule has 0 aromatic carbocycles. The highest BCUT2D eigenvalue weighted by Gasteiger charge is 2.58. The highest BCUT2D eigenvalue weighted by atomic mass is 16.8.